The van der Waals surface area contributed by atoms with Crippen molar-refractivity contribution in [3.8, 4) is 0 Å². The van der Waals surface area contributed by atoms with E-state index in [1.54, 1.807) is 0 Å². The highest BCUT2D eigenvalue weighted by Crippen LogP contribution is 2.29. The second-order valence-corrected chi connectivity index (χ2v) is 6.18. The quantitative estimate of drug-likeness (QED) is 0.823. The van der Waals surface area contributed by atoms with E-state index in [1.165, 1.54) is 11.9 Å². The number of rotatable bonds is 4. The highest BCUT2D eigenvalue weighted by Gasteiger charge is 2.32. The lowest BCUT2D eigenvalue weighted by Gasteiger charge is -2.27. The van der Waals surface area contributed by atoms with Gasteiger partial charge in [-0.2, -0.15) is 13.2 Å². The molecule has 0 spiro atoms. The van der Waals surface area contributed by atoms with Crippen LogP contribution in [0, 0.1) is 0 Å². The van der Waals surface area contributed by atoms with E-state index in [0.29, 0.717) is 30.0 Å². The molecule has 1 saturated heterocycles. The average Bonchev–Trinajstić information content (AvgIpc) is 2.51. The van der Waals surface area contributed by atoms with Crippen molar-refractivity contribution in [2.45, 2.75) is 38.1 Å². The molecule has 2 heterocycles. The lowest BCUT2D eigenvalue weighted by molar-refractivity contribution is -0.139. The Morgan fingerprint density at radius 1 is 1.46 bits per heavy atom. The zero-order valence-electron chi connectivity index (χ0n) is 13.1. The van der Waals surface area contributed by atoms with Gasteiger partial charge in [0.15, 0.2) is 0 Å². The molecule has 0 aliphatic carbocycles. The fourth-order valence-electron chi connectivity index (χ4n) is 2.50. The maximum atomic E-state index is 12.8. The Kier molecular flexibility index (Phi) is 5.92. The Bertz CT molecular complexity index is 654. The van der Waals surface area contributed by atoms with E-state index in [1.807, 2.05) is 0 Å². The van der Waals surface area contributed by atoms with Gasteiger partial charge in [0.1, 0.15) is 11.6 Å². The molecule has 9 heteroatoms. The number of carbonyl (C=O) groups excluding carboxylic acids is 1. The summed E-state index contributed by atoms with van der Waals surface area (Å²) in [6, 6.07) is 0.560. The molecule has 1 unspecified atom stereocenters. The summed E-state index contributed by atoms with van der Waals surface area (Å²) in [5, 5.41) is -0.573. The number of carbonyl (C=O) groups is 1. The van der Waals surface area contributed by atoms with Crippen molar-refractivity contribution in [3.05, 3.63) is 33.2 Å². The van der Waals surface area contributed by atoms with E-state index in [9.17, 15) is 22.8 Å². The molecule has 1 aromatic heterocycles. The summed E-state index contributed by atoms with van der Waals surface area (Å²) in [6.07, 6.45) is -1.31. The van der Waals surface area contributed by atoms with Crippen molar-refractivity contribution >= 4 is 17.5 Å². The van der Waals surface area contributed by atoms with Gasteiger partial charge >= 0.3 is 6.18 Å². The van der Waals surface area contributed by atoms with Crippen molar-refractivity contribution in [2.24, 2.45) is 0 Å². The van der Waals surface area contributed by atoms with Crippen molar-refractivity contribution < 1.29 is 22.7 Å². The summed E-state index contributed by atoms with van der Waals surface area (Å²) in [5.41, 5.74) is -1.90. The van der Waals surface area contributed by atoms with Crippen LogP contribution in [0.25, 0.3) is 0 Å². The molecule has 1 aliphatic heterocycles. The van der Waals surface area contributed by atoms with E-state index in [-0.39, 0.29) is 6.10 Å². The van der Waals surface area contributed by atoms with Crippen LogP contribution in [0.15, 0.2) is 17.1 Å². The van der Waals surface area contributed by atoms with Gasteiger partial charge in [0.05, 0.1) is 11.7 Å². The Morgan fingerprint density at radius 3 is 2.75 bits per heavy atom. The molecule has 1 atom stereocenters. The average molecular weight is 367 g/mol. The van der Waals surface area contributed by atoms with Crippen LogP contribution >= 0.6 is 11.6 Å². The lowest BCUT2D eigenvalue weighted by atomic mass is 10.1. The molecule has 1 fully saturated rings. The zero-order valence-corrected chi connectivity index (χ0v) is 13.9. The molecule has 0 N–H and O–H groups in total. The summed E-state index contributed by atoms with van der Waals surface area (Å²) < 4.78 is 44.6. The predicted octanol–water partition coefficient (Wildman–Crippen LogP) is 2.55. The Balaban J connectivity index is 2.10. The van der Waals surface area contributed by atoms with Gasteiger partial charge in [0.2, 0.25) is 5.91 Å². The Hall–Kier alpha value is -1.54. The molecule has 1 amide bonds. The predicted molar refractivity (Wildman–Crippen MR) is 81.9 cm³/mol. The number of ether oxygens (including phenoxy) is 1. The molecule has 5 nitrogen and oxygen atoms in total. The van der Waals surface area contributed by atoms with Crippen LogP contribution in [0.3, 0.4) is 0 Å². The van der Waals surface area contributed by atoms with Crippen molar-refractivity contribution in [3.63, 3.8) is 0 Å². The third-order valence-electron chi connectivity index (χ3n) is 3.85. The van der Waals surface area contributed by atoms with Crippen LogP contribution in [-0.4, -0.2) is 41.7 Å². The number of alkyl halides is 3. The summed E-state index contributed by atoms with van der Waals surface area (Å²) >= 11 is 5.57. The van der Waals surface area contributed by atoms with Gasteiger partial charge in [-0.05, 0) is 25.3 Å². The molecule has 1 aliphatic rings. The largest absolute Gasteiger partial charge is 0.417 e. The zero-order chi connectivity index (χ0) is 17.9. The van der Waals surface area contributed by atoms with Gasteiger partial charge in [-0.3, -0.25) is 9.59 Å². The molecular weight excluding hydrogens is 349 g/mol. The smallest absolute Gasteiger partial charge is 0.376 e. The van der Waals surface area contributed by atoms with Crippen LogP contribution in [0.1, 0.15) is 24.8 Å². The molecule has 0 saturated carbocycles. The van der Waals surface area contributed by atoms with Crippen LogP contribution in [0.2, 0.25) is 5.02 Å². The molecule has 0 bridgehead atoms. The van der Waals surface area contributed by atoms with E-state index in [2.05, 4.69) is 0 Å². The Labute approximate surface area is 142 Å². The molecule has 2 rings (SSSR count). The Morgan fingerprint density at radius 2 is 2.17 bits per heavy atom. The van der Waals surface area contributed by atoms with Gasteiger partial charge in [-0.15, -0.1) is 0 Å². The minimum atomic E-state index is -4.65. The molecule has 1 aromatic rings. The van der Waals surface area contributed by atoms with Crippen LogP contribution in [0.4, 0.5) is 13.2 Å². The first-order valence-electron chi connectivity index (χ1n) is 7.51. The van der Waals surface area contributed by atoms with Gasteiger partial charge < -0.3 is 14.2 Å². The number of likely N-dealkylation sites (N-methyl/N-ethyl adjacent to an activating group) is 1. The maximum Gasteiger partial charge on any atom is 0.417 e. The van der Waals surface area contributed by atoms with Crippen LogP contribution < -0.4 is 5.56 Å². The summed E-state index contributed by atoms with van der Waals surface area (Å²) in [5.74, 6) is -0.485. The number of halogens is 4. The molecule has 0 radical (unpaired) electrons. The summed E-state index contributed by atoms with van der Waals surface area (Å²) in [4.78, 5) is 25.4. The highest BCUT2D eigenvalue weighted by atomic mass is 35.5. The number of hydrogen-bond donors (Lipinski definition) is 0. The number of pyridine rings is 1. The molecular formula is C15H18ClF3N2O3. The molecule has 134 valence electrons. The SMILES string of the molecule is CN(CC1CCCCO1)C(=O)Cn1cc(C(F)(F)F)cc(Cl)c1=O. The van der Waals surface area contributed by atoms with E-state index >= 15 is 0 Å². The number of nitrogens with zero attached hydrogens (tertiary/aromatic N) is 2. The first-order valence-corrected chi connectivity index (χ1v) is 7.89. The van der Waals surface area contributed by atoms with E-state index < -0.39 is 34.8 Å². The van der Waals surface area contributed by atoms with Crippen molar-refractivity contribution in [1.82, 2.24) is 9.47 Å². The number of aromatic nitrogens is 1. The minimum Gasteiger partial charge on any atom is -0.376 e. The van der Waals surface area contributed by atoms with E-state index in [0.717, 1.165) is 19.3 Å². The number of amides is 1. The monoisotopic (exact) mass is 366 g/mol. The van der Waals surface area contributed by atoms with Gasteiger partial charge in [-0.1, -0.05) is 11.6 Å². The van der Waals surface area contributed by atoms with Crippen LogP contribution in [-0.2, 0) is 22.3 Å². The lowest BCUT2D eigenvalue weighted by Crippen LogP contribution is -2.40. The van der Waals surface area contributed by atoms with Gasteiger partial charge in [-0.25, -0.2) is 0 Å². The normalized spacial score (nSPS) is 18.5. The highest BCUT2D eigenvalue weighted by molar-refractivity contribution is 6.30. The van der Waals surface area contributed by atoms with Crippen LogP contribution in [0.5, 0.6) is 0 Å². The topological polar surface area (TPSA) is 51.5 Å². The first kappa shape index (κ1) is 18.8. The maximum absolute atomic E-state index is 12.8. The minimum absolute atomic E-state index is 0.0884. The second kappa shape index (κ2) is 7.57. The standard InChI is InChI=1S/C15H18ClF3N2O3/c1-20(8-11-4-2-3-5-24-11)13(22)9-21-7-10(15(17,18)19)6-12(16)14(21)23/h6-7,11H,2-5,8-9H2,1H3. The summed E-state index contributed by atoms with van der Waals surface area (Å²) in [7, 11) is 1.53. The number of hydrogen-bond acceptors (Lipinski definition) is 3. The van der Waals surface area contributed by atoms with Gasteiger partial charge in [0, 0.05) is 26.4 Å². The third kappa shape index (κ3) is 4.73. The fourth-order valence-corrected chi connectivity index (χ4v) is 2.72. The molecule has 24 heavy (non-hydrogen) atoms. The molecule has 0 aromatic carbocycles. The first-order chi connectivity index (χ1) is 11.2. The second-order valence-electron chi connectivity index (χ2n) is 5.77. The summed E-state index contributed by atoms with van der Waals surface area (Å²) in [6.45, 7) is 0.460. The van der Waals surface area contributed by atoms with E-state index in [4.69, 9.17) is 16.3 Å². The third-order valence-corrected chi connectivity index (χ3v) is 4.12. The van der Waals surface area contributed by atoms with Crippen molar-refractivity contribution in [1.29, 1.82) is 0 Å². The van der Waals surface area contributed by atoms with Crippen molar-refractivity contribution in [2.75, 3.05) is 20.2 Å². The van der Waals surface area contributed by atoms with Gasteiger partial charge in [0.25, 0.3) is 5.56 Å². The fraction of sp³-hybridized carbons (Fsp3) is 0.600.